The van der Waals surface area contributed by atoms with E-state index in [-0.39, 0.29) is 11.9 Å². The van der Waals surface area contributed by atoms with E-state index in [4.69, 9.17) is 4.74 Å². The largest absolute Gasteiger partial charge is 0.438 e. The van der Waals surface area contributed by atoms with E-state index in [0.717, 1.165) is 54.2 Å². The molecule has 0 aliphatic carbocycles. The average molecular weight is 417 g/mol. The first-order valence-corrected chi connectivity index (χ1v) is 10.5. The van der Waals surface area contributed by atoms with Gasteiger partial charge in [0.15, 0.2) is 0 Å². The van der Waals surface area contributed by atoms with Crippen LogP contribution in [0.15, 0.2) is 67.1 Å². The van der Waals surface area contributed by atoms with Crippen LogP contribution >= 0.6 is 0 Å². The minimum Gasteiger partial charge on any atom is -0.438 e. The lowest BCUT2D eigenvalue weighted by atomic mass is 10.1. The third-order valence-electron chi connectivity index (χ3n) is 5.94. The first-order chi connectivity index (χ1) is 15.2. The van der Waals surface area contributed by atoms with Crippen LogP contribution < -0.4 is 9.64 Å². The van der Waals surface area contributed by atoms with Gasteiger partial charge in [0.1, 0.15) is 23.7 Å². The van der Waals surface area contributed by atoms with Crippen LogP contribution in [0.2, 0.25) is 0 Å². The van der Waals surface area contributed by atoms with Gasteiger partial charge in [-0.2, -0.15) is 0 Å². The number of ether oxygens (including phenoxy) is 1. The molecule has 31 heavy (non-hydrogen) atoms. The molecule has 0 spiro atoms. The molecule has 0 bridgehead atoms. The quantitative estimate of drug-likeness (QED) is 0.507. The molecule has 4 aromatic rings. The van der Waals surface area contributed by atoms with Crippen molar-refractivity contribution in [1.82, 2.24) is 19.9 Å². The van der Waals surface area contributed by atoms with E-state index < -0.39 is 0 Å². The van der Waals surface area contributed by atoms with Crippen molar-refractivity contribution in [3.8, 4) is 11.6 Å². The highest BCUT2D eigenvalue weighted by atomic mass is 19.1. The molecule has 0 unspecified atom stereocenters. The highest BCUT2D eigenvalue weighted by Crippen LogP contribution is 2.30. The second-order valence-electron chi connectivity index (χ2n) is 7.76. The fraction of sp³-hybridized carbons (Fsp3) is 0.250. The Morgan fingerprint density at radius 1 is 1.00 bits per heavy atom. The third kappa shape index (κ3) is 4.09. The summed E-state index contributed by atoms with van der Waals surface area (Å²) in [5.41, 5.74) is 2.16. The van der Waals surface area contributed by atoms with Gasteiger partial charge in [-0.05, 0) is 42.8 Å². The lowest BCUT2D eigenvalue weighted by molar-refractivity contribution is 0.198. The fourth-order valence-corrected chi connectivity index (χ4v) is 4.11. The maximum Gasteiger partial charge on any atom is 0.224 e. The zero-order chi connectivity index (χ0) is 21.2. The summed E-state index contributed by atoms with van der Waals surface area (Å²) in [6.07, 6.45) is 3.45. The molecule has 1 aliphatic heterocycles. The molecular formula is C24H24FN5O. The van der Waals surface area contributed by atoms with Crippen LogP contribution in [0.5, 0.6) is 11.6 Å². The van der Waals surface area contributed by atoms with Gasteiger partial charge in [-0.3, -0.25) is 4.90 Å². The van der Waals surface area contributed by atoms with Gasteiger partial charge >= 0.3 is 0 Å². The SMILES string of the molecule is C[C@@H](c1ccc(F)cc1)N1CCN(c2cc(Oc3cccc4[nH]ccc34)ncn2)CC1. The van der Waals surface area contributed by atoms with E-state index in [9.17, 15) is 4.39 Å². The van der Waals surface area contributed by atoms with Crippen LogP contribution in [0, 0.1) is 5.82 Å². The molecule has 6 nitrogen and oxygen atoms in total. The summed E-state index contributed by atoms with van der Waals surface area (Å²) in [7, 11) is 0. The van der Waals surface area contributed by atoms with Crippen LogP contribution in [0.4, 0.5) is 10.2 Å². The number of anilines is 1. The van der Waals surface area contributed by atoms with Crippen molar-refractivity contribution >= 4 is 16.7 Å². The number of fused-ring (bicyclic) bond motifs is 1. The highest BCUT2D eigenvalue weighted by Gasteiger charge is 2.23. The predicted octanol–water partition coefficient (Wildman–Crippen LogP) is 4.77. The van der Waals surface area contributed by atoms with E-state index in [2.05, 4.69) is 31.7 Å². The molecule has 1 atom stereocenters. The summed E-state index contributed by atoms with van der Waals surface area (Å²) in [5, 5.41) is 1.02. The van der Waals surface area contributed by atoms with E-state index in [1.165, 1.54) is 12.1 Å². The van der Waals surface area contributed by atoms with Gasteiger partial charge in [-0.1, -0.05) is 18.2 Å². The van der Waals surface area contributed by atoms with Gasteiger partial charge in [-0.25, -0.2) is 14.4 Å². The Kier molecular flexibility index (Phi) is 5.26. The molecule has 1 aliphatic rings. The Labute approximate surface area is 180 Å². The van der Waals surface area contributed by atoms with Gasteiger partial charge in [-0.15, -0.1) is 0 Å². The zero-order valence-electron chi connectivity index (χ0n) is 17.3. The molecule has 1 fully saturated rings. The van der Waals surface area contributed by atoms with Gasteiger partial charge in [0.05, 0.1) is 0 Å². The van der Waals surface area contributed by atoms with Crippen LogP contribution in [0.3, 0.4) is 0 Å². The maximum atomic E-state index is 13.2. The molecule has 3 heterocycles. The van der Waals surface area contributed by atoms with Gasteiger partial charge in [0, 0.05) is 55.4 Å². The monoisotopic (exact) mass is 417 g/mol. The summed E-state index contributed by atoms with van der Waals surface area (Å²) >= 11 is 0. The molecule has 7 heteroatoms. The number of aromatic nitrogens is 3. The van der Waals surface area contributed by atoms with Gasteiger partial charge in [0.25, 0.3) is 0 Å². The standard InChI is InChI=1S/C24H24FN5O/c1-17(18-5-7-19(25)8-6-18)29-11-13-30(14-12-29)23-15-24(28-16-27-23)31-22-4-2-3-21-20(22)9-10-26-21/h2-10,15-17,26H,11-14H2,1H3/t17-/m0/s1. The number of hydrogen-bond acceptors (Lipinski definition) is 5. The summed E-state index contributed by atoms with van der Waals surface area (Å²) in [5.74, 6) is 1.96. The number of benzene rings is 2. The van der Waals surface area contributed by atoms with Crippen molar-refractivity contribution in [2.24, 2.45) is 0 Å². The number of rotatable bonds is 5. The van der Waals surface area contributed by atoms with E-state index >= 15 is 0 Å². The van der Waals surface area contributed by atoms with Crippen LogP contribution in [-0.4, -0.2) is 46.0 Å². The molecule has 1 saturated heterocycles. The molecular weight excluding hydrogens is 393 g/mol. The average Bonchev–Trinajstić information content (AvgIpc) is 3.30. The van der Waals surface area contributed by atoms with Gasteiger partial charge in [0.2, 0.25) is 5.88 Å². The minimum absolute atomic E-state index is 0.199. The second kappa shape index (κ2) is 8.35. The Hall–Kier alpha value is -3.45. The number of nitrogens with one attached hydrogen (secondary N) is 1. The minimum atomic E-state index is -0.199. The smallest absolute Gasteiger partial charge is 0.224 e. The lowest BCUT2D eigenvalue weighted by Gasteiger charge is -2.38. The highest BCUT2D eigenvalue weighted by molar-refractivity contribution is 5.85. The van der Waals surface area contributed by atoms with Crippen LogP contribution in [0.25, 0.3) is 10.9 Å². The van der Waals surface area contributed by atoms with Crippen LogP contribution in [-0.2, 0) is 0 Å². The molecule has 0 amide bonds. The topological polar surface area (TPSA) is 57.3 Å². The van der Waals surface area contributed by atoms with Crippen molar-refractivity contribution < 1.29 is 9.13 Å². The Bertz CT molecular complexity index is 1170. The number of H-pyrrole nitrogens is 1. The first-order valence-electron chi connectivity index (χ1n) is 10.5. The molecule has 1 N–H and O–H groups in total. The Morgan fingerprint density at radius 2 is 1.81 bits per heavy atom. The van der Waals surface area contributed by atoms with E-state index in [1.807, 2.05) is 48.7 Å². The number of piperazine rings is 1. The summed E-state index contributed by atoms with van der Waals surface area (Å²) in [4.78, 5) is 16.6. The molecule has 5 rings (SSSR count). The fourth-order valence-electron chi connectivity index (χ4n) is 4.11. The second-order valence-corrected chi connectivity index (χ2v) is 7.76. The summed E-state index contributed by atoms with van der Waals surface area (Å²) in [6.45, 7) is 5.69. The van der Waals surface area contributed by atoms with Crippen molar-refractivity contribution in [3.63, 3.8) is 0 Å². The Morgan fingerprint density at radius 3 is 2.61 bits per heavy atom. The lowest BCUT2D eigenvalue weighted by Crippen LogP contribution is -2.47. The molecule has 0 saturated carbocycles. The van der Waals surface area contributed by atoms with E-state index in [0.29, 0.717) is 5.88 Å². The number of hydrogen-bond donors (Lipinski definition) is 1. The third-order valence-corrected chi connectivity index (χ3v) is 5.94. The molecule has 158 valence electrons. The molecule has 2 aromatic carbocycles. The number of nitrogens with zero attached hydrogens (tertiary/aromatic N) is 4. The summed E-state index contributed by atoms with van der Waals surface area (Å²) in [6, 6.07) is 16.8. The maximum absolute atomic E-state index is 13.2. The van der Waals surface area contributed by atoms with Crippen molar-refractivity contribution in [3.05, 3.63) is 78.5 Å². The number of halogens is 1. The number of aromatic amines is 1. The molecule has 2 aromatic heterocycles. The zero-order valence-corrected chi connectivity index (χ0v) is 17.3. The Balaban J connectivity index is 1.26. The van der Waals surface area contributed by atoms with E-state index in [1.54, 1.807) is 6.33 Å². The summed E-state index contributed by atoms with van der Waals surface area (Å²) < 4.78 is 19.3. The first kappa shape index (κ1) is 19.5. The normalized spacial score (nSPS) is 15.9. The predicted molar refractivity (Wildman–Crippen MR) is 119 cm³/mol. The van der Waals surface area contributed by atoms with Crippen molar-refractivity contribution in [1.29, 1.82) is 0 Å². The molecule has 0 radical (unpaired) electrons. The van der Waals surface area contributed by atoms with Gasteiger partial charge < -0.3 is 14.6 Å². The van der Waals surface area contributed by atoms with Crippen LogP contribution in [0.1, 0.15) is 18.5 Å². The van der Waals surface area contributed by atoms with Crippen molar-refractivity contribution in [2.75, 3.05) is 31.1 Å². The van der Waals surface area contributed by atoms with Crippen molar-refractivity contribution in [2.45, 2.75) is 13.0 Å².